The third-order valence-electron chi connectivity index (χ3n) is 3.16. The molecule has 3 N–H and O–H groups in total. The Kier molecular flexibility index (Phi) is 5.77. The summed E-state index contributed by atoms with van der Waals surface area (Å²) in [5.74, 6) is -0.148. The van der Waals surface area contributed by atoms with E-state index in [-0.39, 0.29) is 11.8 Å². The van der Waals surface area contributed by atoms with Crippen LogP contribution in [0, 0.1) is 11.8 Å². The molecule has 1 aliphatic heterocycles. The number of rotatable bonds is 7. The standard InChI is InChI=1S/C11H20N2O3S/c1-7(8-5-12-6-8)10(14)13-9(11(15)16)3-4-17-2/h7-9,12H,3-6H2,1-2H3,(H,13,14)(H,15,16). The van der Waals surface area contributed by atoms with E-state index in [9.17, 15) is 9.59 Å². The number of carbonyl (C=O) groups excluding carboxylic acids is 1. The van der Waals surface area contributed by atoms with Gasteiger partial charge in [-0.2, -0.15) is 11.8 Å². The summed E-state index contributed by atoms with van der Waals surface area (Å²) >= 11 is 1.58. The van der Waals surface area contributed by atoms with Gasteiger partial charge >= 0.3 is 5.97 Å². The van der Waals surface area contributed by atoms with E-state index in [0.29, 0.717) is 12.3 Å². The number of amides is 1. The molecule has 0 aromatic heterocycles. The third kappa shape index (κ3) is 4.20. The van der Waals surface area contributed by atoms with Crippen LogP contribution in [0.15, 0.2) is 0 Å². The SMILES string of the molecule is CSCCC(NC(=O)C(C)C1CNC1)C(=O)O. The summed E-state index contributed by atoms with van der Waals surface area (Å²) in [6.45, 7) is 3.54. The van der Waals surface area contributed by atoms with Gasteiger partial charge in [-0.3, -0.25) is 4.79 Å². The molecule has 1 aliphatic rings. The zero-order chi connectivity index (χ0) is 12.8. The molecular formula is C11H20N2O3S. The van der Waals surface area contributed by atoms with Gasteiger partial charge in [-0.15, -0.1) is 0 Å². The van der Waals surface area contributed by atoms with Crippen LogP contribution in [0.3, 0.4) is 0 Å². The minimum Gasteiger partial charge on any atom is -0.480 e. The fraction of sp³-hybridized carbons (Fsp3) is 0.818. The average Bonchev–Trinajstić information content (AvgIpc) is 2.20. The second-order valence-corrected chi connectivity index (χ2v) is 5.37. The molecule has 0 spiro atoms. The Hall–Kier alpha value is -0.750. The van der Waals surface area contributed by atoms with Crippen LogP contribution in [0.1, 0.15) is 13.3 Å². The smallest absolute Gasteiger partial charge is 0.326 e. The Bertz CT molecular complexity index is 282. The molecular weight excluding hydrogens is 240 g/mol. The Morgan fingerprint density at radius 1 is 1.53 bits per heavy atom. The monoisotopic (exact) mass is 260 g/mol. The molecule has 0 aromatic rings. The van der Waals surface area contributed by atoms with Crippen LogP contribution < -0.4 is 10.6 Å². The lowest BCUT2D eigenvalue weighted by Gasteiger charge is -2.32. The van der Waals surface area contributed by atoms with E-state index in [1.165, 1.54) is 0 Å². The van der Waals surface area contributed by atoms with Crippen molar-refractivity contribution in [1.29, 1.82) is 0 Å². The lowest BCUT2D eigenvalue weighted by Crippen LogP contribution is -2.52. The summed E-state index contributed by atoms with van der Waals surface area (Å²) in [4.78, 5) is 22.8. The first-order valence-corrected chi connectivity index (χ1v) is 7.18. The Labute approximate surface area is 106 Å². The van der Waals surface area contributed by atoms with Crippen LogP contribution in [0.5, 0.6) is 0 Å². The molecule has 0 bridgehead atoms. The van der Waals surface area contributed by atoms with E-state index in [1.54, 1.807) is 11.8 Å². The van der Waals surface area contributed by atoms with Crippen molar-refractivity contribution in [2.75, 3.05) is 25.1 Å². The van der Waals surface area contributed by atoms with Crippen molar-refractivity contribution in [3.8, 4) is 0 Å². The van der Waals surface area contributed by atoms with Crippen LogP contribution in [-0.4, -0.2) is 48.1 Å². The highest BCUT2D eigenvalue weighted by Crippen LogP contribution is 2.16. The summed E-state index contributed by atoms with van der Waals surface area (Å²) in [5.41, 5.74) is 0. The summed E-state index contributed by atoms with van der Waals surface area (Å²) in [6, 6.07) is -0.759. The zero-order valence-electron chi connectivity index (χ0n) is 10.2. The number of hydrogen-bond donors (Lipinski definition) is 3. The van der Waals surface area contributed by atoms with E-state index in [0.717, 1.165) is 18.8 Å². The highest BCUT2D eigenvalue weighted by Gasteiger charge is 2.30. The second kappa shape index (κ2) is 6.86. The van der Waals surface area contributed by atoms with E-state index >= 15 is 0 Å². The molecule has 1 heterocycles. The first kappa shape index (κ1) is 14.3. The van der Waals surface area contributed by atoms with Crippen LogP contribution >= 0.6 is 11.8 Å². The normalized spacial score (nSPS) is 19.2. The van der Waals surface area contributed by atoms with E-state index in [4.69, 9.17) is 5.11 Å². The van der Waals surface area contributed by atoms with Crippen LogP contribution in [0.4, 0.5) is 0 Å². The molecule has 0 radical (unpaired) electrons. The number of thioether (sulfide) groups is 1. The highest BCUT2D eigenvalue weighted by molar-refractivity contribution is 7.98. The largest absolute Gasteiger partial charge is 0.480 e. The minimum atomic E-state index is -0.952. The number of carboxylic acids is 1. The maximum absolute atomic E-state index is 11.8. The molecule has 0 saturated carbocycles. The van der Waals surface area contributed by atoms with Crippen molar-refractivity contribution in [3.05, 3.63) is 0 Å². The maximum atomic E-state index is 11.8. The van der Waals surface area contributed by atoms with Gasteiger partial charge in [-0.25, -0.2) is 4.79 Å². The van der Waals surface area contributed by atoms with Gasteiger partial charge in [0.1, 0.15) is 6.04 Å². The average molecular weight is 260 g/mol. The van der Waals surface area contributed by atoms with Gasteiger partial charge in [-0.05, 0) is 37.4 Å². The highest BCUT2D eigenvalue weighted by atomic mass is 32.2. The van der Waals surface area contributed by atoms with Crippen molar-refractivity contribution in [2.24, 2.45) is 11.8 Å². The Balaban J connectivity index is 2.41. The van der Waals surface area contributed by atoms with Gasteiger partial charge in [0.2, 0.25) is 5.91 Å². The molecule has 98 valence electrons. The number of carboxylic acid groups (broad SMARTS) is 1. The summed E-state index contributed by atoms with van der Waals surface area (Å²) in [7, 11) is 0. The van der Waals surface area contributed by atoms with E-state index in [2.05, 4.69) is 10.6 Å². The topological polar surface area (TPSA) is 78.4 Å². The first-order valence-electron chi connectivity index (χ1n) is 5.79. The number of nitrogens with one attached hydrogen (secondary N) is 2. The van der Waals surface area contributed by atoms with Crippen molar-refractivity contribution < 1.29 is 14.7 Å². The molecule has 5 nitrogen and oxygen atoms in total. The van der Waals surface area contributed by atoms with Gasteiger partial charge in [0, 0.05) is 5.92 Å². The quantitative estimate of drug-likeness (QED) is 0.608. The minimum absolute atomic E-state index is 0.118. The molecule has 1 amide bonds. The van der Waals surface area contributed by atoms with Gasteiger partial charge in [0.15, 0.2) is 0 Å². The van der Waals surface area contributed by atoms with E-state index < -0.39 is 12.0 Å². The van der Waals surface area contributed by atoms with Crippen molar-refractivity contribution >= 4 is 23.6 Å². The fourth-order valence-electron chi connectivity index (χ4n) is 1.67. The van der Waals surface area contributed by atoms with Crippen LogP contribution in [0.2, 0.25) is 0 Å². The Morgan fingerprint density at radius 3 is 2.59 bits per heavy atom. The lowest BCUT2D eigenvalue weighted by atomic mass is 9.88. The number of hydrogen-bond acceptors (Lipinski definition) is 4. The van der Waals surface area contributed by atoms with Crippen molar-refractivity contribution in [3.63, 3.8) is 0 Å². The molecule has 0 aromatic carbocycles. The molecule has 2 unspecified atom stereocenters. The van der Waals surface area contributed by atoms with Gasteiger partial charge in [0.05, 0.1) is 0 Å². The van der Waals surface area contributed by atoms with Crippen LogP contribution in [0.25, 0.3) is 0 Å². The van der Waals surface area contributed by atoms with Crippen molar-refractivity contribution in [2.45, 2.75) is 19.4 Å². The molecule has 2 atom stereocenters. The molecule has 1 saturated heterocycles. The predicted molar refractivity (Wildman–Crippen MR) is 68.1 cm³/mol. The number of carbonyl (C=O) groups is 2. The Morgan fingerprint density at radius 2 is 2.18 bits per heavy atom. The molecule has 1 rings (SSSR count). The lowest BCUT2D eigenvalue weighted by molar-refractivity contribution is -0.142. The molecule has 6 heteroatoms. The maximum Gasteiger partial charge on any atom is 0.326 e. The summed E-state index contributed by atoms with van der Waals surface area (Å²) in [6.07, 6.45) is 2.39. The molecule has 1 fully saturated rings. The first-order chi connectivity index (χ1) is 8.06. The third-order valence-corrected chi connectivity index (χ3v) is 3.80. The van der Waals surface area contributed by atoms with Crippen molar-refractivity contribution in [1.82, 2.24) is 10.6 Å². The predicted octanol–water partition coefficient (Wildman–Crippen LogP) is 0.164. The van der Waals surface area contributed by atoms with E-state index in [1.807, 2.05) is 13.2 Å². The number of aliphatic carboxylic acids is 1. The van der Waals surface area contributed by atoms with Gasteiger partial charge in [-0.1, -0.05) is 6.92 Å². The second-order valence-electron chi connectivity index (χ2n) is 4.39. The van der Waals surface area contributed by atoms with Gasteiger partial charge in [0.25, 0.3) is 0 Å². The molecule has 0 aliphatic carbocycles. The van der Waals surface area contributed by atoms with Crippen LogP contribution in [-0.2, 0) is 9.59 Å². The summed E-state index contributed by atoms with van der Waals surface area (Å²) in [5, 5.41) is 14.7. The zero-order valence-corrected chi connectivity index (χ0v) is 11.0. The fourth-order valence-corrected chi connectivity index (χ4v) is 2.15. The molecule has 17 heavy (non-hydrogen) atoms. The van der Waals surface area contributed by atoms with Gasteiger partial charge < -0.3 is 15.7 Å². The summed E-state index contributed by atoms with van der Waals surface area (Å²) < 4.78 is 0.